The lowest BCUT2D eigenvalue weighted by molar-refractivity contribution is -0.136. The predicted molar refractivity (Wildman–Crippen MR) is 109 cm³/mol. The number of ether oxygens (including phenoxy) is 2. The second-order valence-electron chi connectivity index (χ2n) is 5.62. The van der Waals surface area contributed by atoms with Crippen molar-refractivity contribution in [3.63, 3.8) is 0 Å². The summed E-state index contributed by atoms with van der Waals surface area (Å²) in [6.07, 6.45) is 3.01. The van der Waals surface area contributed by atoms with E-state index >= 15 is 0 Å². The topological polar surface area (TPSA) is 89.0 Å². The van der Waals surface area contributed by atoms with Crippen molar-refractivity contribution >= 4 is 35.3 Å². The van der Waals surface area contributed by atoms with Gasteiger partial charge in [0, 0.05) is 10.7 Å². The number of carbonyl (C=O) groups is 2. The molecule has 0 radical (unpaired) electrons. The first-order chi connectivity index (χ1) is 13.4. The summed E-state index contributed by atoms with van der Waals surface area (Å²) in [5, 5.41) is 6.83. The van der Waals surface area contributed by atoms with Gasteiger partial charge in [0.25, 0.3) is 0 Å². The predicted octanol–water partition coefficient (Wildman–Crippen LogP) is 3.31. The van der Waals surface area contributed by atoms with Crippen molar-refractivity contribution < 1.29 is 19.1 Å². The fourth-order valence-electron chi connectivity index (χ4n) is 2.20. The van der Waals surface area contributed by atoms with Gasteiger partial charge >= 0.3 is 11.8 Å². The van der Waals surface area contributed by atoms with Crippen molar-refractivity contribution in [2.45, 2.75) is 6.92 Å². The molecule has 2 N–H and O–H groups in total. The maximum Gasteiger partial charge on any atom is 0.329 e. The largest absolute Gasteiger partial charge is 0.493 e. The van der Waals surface area contributed by atoms with Crippen LogP contribution in [0.25, 0.3) is 0 Å². The molecule has 0 fully saturated rings. The van der Waals surface area contributed by atoms with Crippen molar-refractivity contribution in [1.29, 1.82) is 0 Å². The number of nitrogens with zero attached hydrogens (tertiary/aromatic N) is 1. The van der Waals surface area contributed by atoms with E-state index in [9.17, 15) is 9.59 Å². The summed E-state index contributed by atoms with van der Waals surface area (Å²) in [6.45, 7) is 5.71. The van der Waals surface area contributed by atoms with Gasteiger partial charge in [0.1, 0.15) is 6.61 Å². The summed E-state index contributed by atoms with van der Waals surface area (Å²) in [7, 11) is 1.52. The molecular formula is C20H20ClN3O4. The molecule has 2 rings (SSSR count). The summed E-state index contributed by atoms with van der Waals surface area (Å²) in [4.78, 5) is 23.9. The summed E-state index contributed by atoms with van der Waals surface area (Å²) < 4.78 is 10.7. The zero-order valence-electron chi connectivity index (χ0n) is 15.5. The van der Waals surface area contributed by atoms with Crippen LogP contribution < -0.4 is 20.2 Å². The highest BCUT2D eigenvalue weighted by Gasteiger charge is 2.14. The fourth-order valence-corrected chi connectivity index (χ4v) is 2.42. The molecular weight excluding hydrogens is 382 g/mol. The summed E-state index contributed by atoms with van der Waals surface area (Å²) >= 11 is 5.87. The van der Waals surface area contributed by atoms with E-state index in [1.807, 2.05) is 0 Å². The Kier molecular flexibility index (Phi) is 7.59. The van der Waals surface area contributed by atoms with Crippen LogP contribution in [0.15, 0.2) is 54.2 Å². The Bertz CT molecular complexity index is 912. The molecule has 8 heteroatoms. The Morgan fingerprint density at radius 2 is 1.96 bits per heavy atom. The van der Waals surface area contributed by atoms with E-state index in [-0.39, 0.29) is 0 Å². The molecule has 0 saturated heterocycles. The molecule has 0 aliphatic rings. The van der Waals surface area contributed by atoms with E-state index < -0.39 is 11.8 Å². The number of hydrogen-bond donors (Lipinski definition) is 2. The average Bonchev–Trinajstić information content (AvgIpc) is 2.68. The van der Waals surface area contributed by atoms with Gasteiger partial charge in [-0.15, -0.1) is 0 Å². The molecule has 0 unspecified atom stereocenters. The molecule has 0 atom stereocenters. The molecule has 146 valence electrons. The van der Waals surface area contributed by atoms with Crippen LogP contribution in [0.4, 0.5) is 5.69 Å². The zero-order chi connectivity index (χ0) is 20.5. The monoisotopic (exact) mass is 401 g/mol. The number of carbonyl (C=O) groups excluding carboxylic acids is 2. The molecule has 7 nitrogen and oxygen atoms in total. The minimum absolute atomic E-state index is 0.349. The van der Waals surface area contributed by atoms with Gasteiger partial charge in [0.15, 0.2) is 11.5 Å². The van der Waals surface area contributed by atoms with Crippen LogP contribution in [0.2, 0.25) is 5.02 Å². The minimum Gasteiger partial charge on any atom is -0.493 e. The van der Waals surface area contributed by atoms with Crippen LogP contribution in [-0.4, -0.2) is 31.7 Å². The maximum atomic E-state index is 12.0. The molecule has 2 amide bonds. The number of rotatable bonds is 7. The maximum absolute atomic E-state index is 12.0. The standard InChI is InChI=1S/C20H20ClN3O4/c1-4-9-28-17-8-5-14(11-18(17)27-3)12-22-24-20(26)19(25)23-16-7-6-15(21)10-13(16)2/h4-8,10-12H,1,9H2,2-3H3,(H,23,25)(H,24,26)/b22-12-. The normalized spacial score (nSPS) is 10.4. The number of anilines is 1. The molecule has 0 aliphatic carbocycles. The van der Waals surface area contributed by atoms with E-state index in [1.165, 1.54) is 13.3 Å². The molecule has 0 saturated carbocycles. The Hall–Kier alpha value is -3.32. The molecule has 2 aromatic rings. The third-order valence-corrected chi connectivity index (χ3v) is 3.80. The Morgan fingerprint density at radius 3 is 2.64 bits per heavy atom. The lowest BCUT2D eigenvalue weighted by Gasteiger charge is -2.09. The number of hydrazone groups is 1. The number of methoxy groups -OCH3 is 1. The van der Waals surface area contributed by atoms with Gasteiger partial charge in [-0.2, -0.15) is 5.10 Å². The van der Waals surface area contributed by atoms with Crippen LogP contribution in [0.3, 0.4) is 0 Å². The van der Waals surface area contributed by atoms with Crippen LogP contribution in [0.5, 0.6) is 11.5 Å². The number of amides is 2. The van der Waals surface area contributed by atoms with Crippen LogP contribution in [-0.2, 0) is 9.59 Å². The lowest BCUT2D eigenvalue weighted by Crippen LogP contribution is -2.32. The molecule has 0 heterocycles. The zero-order valence-corrected chi connectivity index (χ0v) is 16.2. The van der Waals surface area contributed by atoms with Gasteiger partial charge in [-0.05, 0) is 54.4 Å². The molecule has 2 aromatic carbocycles. The molecule has 0 spiro atoms. The SMILES string of the molecule is C=CCOc1ccc(/C=N\NC(=O)C(=O)Nc2ccc(Cl)cc2C)cc1OC. The quantitative estimate of drug-likeness (QED) is 0.322. The third kappa shape index (κ3) is 5.85. The number of nitrogens with one attached hydrogen (secondary N) is 2. The highest BCUT2D eigenvalue weighted by molar-refractivity contribution is 6.39. The van der Waals surface area contributed by atoms with Crippen LogP contribution in [0.1, 0.15) is 11.1 Å². The van der Waals surface area contributed by atoms with Gasteiger partial charge in [0.05, 0.1) is 13.3 Å². The van der Waals surface area contributed by atoms with E-state index in [4.69, 9.17) is 21.1 Å². The summed E-state index contributed by atoms with van der Waals surface area (Å²) in [5.74, 6) is -0.675. The van der Waals surface area contributed by atoms with Crippen molar-refractivity contribution in [3.8, 4) is 11.5 Å². The second-order valence-corrected chi connectivity index (χ2v) is 6.06. The summed E-state index contributed by atoms with van der Waals surface area (Å²) in [5.41, 5.74) is 4.06. The number of halogens is 1. The van der Waals surface area contributed by atoms with E-state index in [1.54, 1.807) is 49.4 Å². The third-order valence-electron chi connectivity index (χ3n) is 3.57. The Balaban J connectivity index is 1.96. The summed E-state index contributed by atoms with van der Waals surface area (Å²) in [6, 6.07) is 10.0. The number of benzene rings is 2. The van der Waals surface area contributed by atoms with Crippen molar-refractivity contribution in [3.05, 3.63) is 65.2 Å². The number of hydrogen-bond acceptors (Lipinski definition) is 5. The number of aryl methyl sites for hydroxylation is 1. The van der Waals surface area contributed by atoms with E-state index in [2.05, 4.69) is 22.4 Å². The van der Waals surface area contributed by atoms with E-state index in [0.717, 1.165) is 5.56 Å². The Labute approximate surface area is 168 Å². The van der Waals surface area contributed by atoms with Gasteiger partial charge in [-0.1, -0.05) is 24.3 Å². The smallest absolute Gasteiger partial charge is 0.329 e. The van der Waals surface area contributed by atoms with Crippen molar-refractivity contribution in [2.75, 3.05) is 19.0 Å². The highest BCUT2D eigenvalue weighted by Crippen LogP contribution is 2.27. The van der Waals surface area contributed by atoms with Crippen LogP contribution in [0, 0.1) is 6.92 Å². The molecule has 0 bridgehead atoms. The van der Waals surface area contributed by atoms with Gasteiger partial charge < -0.3 is 14.8 Å². The van der Waals surface area contributed by atoms with E-state index in [0.29, 0.717) is 34.4 Å². The highest BCUT2D eigenvalue weighted by atomic mass is 35.5. The van der Waals surface area contributed by atoms with Crippen LogP contribution >= 0.6 is 11.6 Å². The van der Waals surface area contributed by atoms with Gasteiger partial charge in [-0.25, -0.2) is 5.43 Å². The lowest BCUT2D eigenvalue weighted by atomic mass is 10.2. The first kappa shape index (κ1) is 21.0. The minimum atomic E-state index is -0.900. The van der Waals surface area contributed by atoms with Gasteiger partial charge in [0.2, 0.25) is 0 Å². The van der Waals surface area contributed by atoms with Crippen molar-refractivity contribution in [1.82, 2.24) is 5.43 Å². The molecule has 0 aliphatic heterocycles. The first-order valence-corrected chi connectivity index (χ1v) is 8.64. The first-order valence-electron chi connectivity index (χ1n) is 8.27. The second kappa shape index (κ2) is 10.1. The molecule has 0 aromatic heterocycles. The molecule has 28 heavy (non-hydrogen) atoms. The van der Waals surface area contributed by atoms with Crippen molar-refractivity contribution in [2.24, 2.45) is 5.10 Å². The van der Waals surface area contributed by atoms with Gasteiger partial charge in [-0.3, -0.25) is 9.59 Å². The Morgan fingerprint density at radius 1 is 1.18 bits per heavy atom. The fraction of sp³-hybridized carbons (Fsp3) is 0.150. The average molecular weight is 402 g/mol.